The Balaban J connectivity index is 1.24. The Morgan fingerprint density at radius 1 is 0.953 bits per heavy atom. The summed E-state index contributed by atoms with van der Waals surface area (Å²) in [6.45, 7) is 3.23. The molecule has 0 saturated carbocycles. The smallest absolute Gasteiger partial charge is 0.408 e. The predicted molar refractivity (Wildman–Crippen MR) is 166 cm³/mol. The summed E-state index contributed by atoms with van der Waals surface area (Å²) in [5.74, 6) is 1.76. The molecule has 0 aliphatic carbocycles. The lowest BCUT2D eigenvalue weighted by Gasteiger charge is -2.50. The number of carbonyl (C=O) groups excluding carboxylic acids is 1. The van der Waals surface area contributed by atoms with E-state index in [4.69, 9.17) is 9.47 Å². The summed E-state index contributed by atoms with van der Waals surface area (Å²) in [4.78, 5) is 28.3. The molecule has 3 aliphatic rings. The molecule has 2 atom stereocenters. The highest BCUT2D eigenvalue weighted by molar-refractivity contribution is 5.81. The summed E-state index contributed by atoms with van der Waals surface area (Å²) in [5.41, 5.74) is 5.21. The largest absolute Gasteiger partial charge is 0.496 e. The Morgan fingerprint density at radius 3 is 2.35 bits per heavy atom. The van der Waals surface area contributed by atoms with E-state index >= 15 is 0 Å². The van der Waals surface area contributed by atoms with E-state index in [9.17, 15) is 14.7 Å². The van der Waals surface area contributed by atoms with Gasteiger partial charge in [0.05, 0.1) is 19.2 Å². The predicted octanol–water partition coefficient (Wildman–Crippen LogP) is 6.92. The second kappa shape index (κ2) is 12.7. The molecule has 1 amide bonds. The third-order valence-electron chi connectivity index (χ3n) is 8.80. The van der Waals surface area contributed by atoms with E-state index in [2.05, 4.69) is 4.90 Å². The number of hydrogen-bond donors (Lipinski definition) is 1. The van der Waals surface area contributed by atoms with Crippen molar-refractivity contribution in [1.82, 2.24) is 9.80 Å². The van der Waals surface area contributed by atoms with E-state index in [1.54, 1.807) is 24.1 Å². The van der Waals surface area contributed by atoms with Crippen LogP contribution in [0.4, 0.5) is 4.79 Å². The van der Waals surface area contributed by atoms with E-state index in [1.165, 1.54) is 0 Å². The van der Waals surface area contributed by atoms with Crippen molar-refractivity contribution in [1.29, 1.82) is 0 Å². The van der Waals surface area contributed by atoms with E-state index in [1.807, 2.05) is 84.9 Å². The Labute approximate surface area is 252 Å². The van der Waals surface area contributed by atoms with Crippen LogP contribution in [0.3, 0.4) is 0 Å². The van der Waals surface area contributed by atoms with Gasteiger partial charge in [-0.05, 0) is 84.4 Å². The number of rotatable bonds is 10. The molecule has 2 bridgehead atoms. The van der Waals surface area contributed by atoms with Crippen LogP contribution in [0.15, 0.2) is 97.1 Å². The highest BCUT2D eigenvalue weighted by Crippen LogP contribution is 2.39. The fourth-order valence-corrected chi connectivity index (χ4v) is 6.59. The van der Waals surface area contributed by atoms with Crippen LogP contribution >= 0.6 is 0 Å². The highest BCUT2D eigenvalue weighted by atomic mass is 16.5. The van der Waals surface area contributed by atoms with Gasteiger partial charge in [-0.1, -0.05) is 66.7 Å². The number of fused-ring (bicyclic) bond motifs is 3. The zero-order valence-corrected chi connectivity index (χ0v) is 24.3. The lowest BCUT2D eigenvalue weighted by molar-refractivity contribution is -0.000812. The number of piperidine rings is 3. The van der Waals surface area contributed by atoms with Gasteiger partial charge in [0.2, 0.25) is 0 Å². The lowest BCUT2D eigenvalue weighted by atomic mass is 9.81. The van der Waals surface area contributed by atoms with Gasteiger partial charge in [0.25, 0.3) is 0 Å². The first-order valence-electron chi connectivity index (χ1n) is 14.8. The van der Waals surface area contributed by atoms with E-state index < -0.39 is 12.1 Å². The number of carboxylic acid groups (broad SMARTS) is 1. The van der Waals surface area contributed by atoms with Gasteiger partial charge < -0.3 is 19.5 Å². The molecular formula is C36H36N2O5. The summed E-state index contributed by atoms with van der Waals surface area (Å²) in [7, 11) is 1.62. The van der Waals surface area contributed by atoms with Crippen molar-refractivity contribution in [3.8, 4) is 22.6 Å². The quantitative estimate of drug-likeness (QED) is 0.207. The molecule has 3 fully saturated rings. The van der Waals surface area contributed by atoms with Gasteiger partial charge >= 0.3 is 6.09 Å². The summed E-state index contributed by atoms with van der Waals surface area (Å²) in [5, 5.41) is 10.6. The lowest BCUT2D eigenvalue weighted by Crippen LogP contribution is -2.59. The number of amides is 1. The Kier molecular flexibility index (Phi) is 8.43. The molecule has 7 nitrogen and oxygen atoms in total. The van der Waals surface area contributed by atoms with E-state index in [-0.39, 0.29) is 6.04 Å². The zero-order valence-electron chi connectivity index (χ0n) is 24.3. The van der Waals surface area contributed by atoms with Crippen molar-refractivity contribution >= 4 is 12.4 Å². The van der Waals surface area contributed by atoms with Gasteiger partial charge in [-0.2, -0.15) is 0 Å². The van der Waals surface area contributed by atoms with Crippen LogP contribution in [-0.4, -0.2) is 60.1 Å². The molecule has 3 aliphatic heterocycles. The molecule has 7 rings (SSSR count). The van der Waals surface area contributed by atoms with Crippen LogP contribution in [0.5, 0.6) is 11.5 Å². The molecule has 43 heavy (non-hydrogen) atoms. The van der Waals surface area contributed by atoms with Gasteiger partial charge in [0, 0.05) is 17.7 Å². The minimum atomic E-state index is -0.894. The third-order valence-corrected chi connectivity index (χ3v) is 8.80. The molecule has 1 N–H and O–H groups in total. The molecule has 3 saturated heterocycles. The van der Waals surface area contributed by atoms with Crippen LogP contribution in [0, 0.1) is 5.92 Å². The average Bonchev–Trinajstić information content (AvgIpc) is 3.07. The van der Waals surface area contributed by atoms with Gasteiger partial charge in [0.15, 0.2) is 0 Å². The van der Waals surface area contributed by atoms with Crippen LogP contribution < -0.4 is 9.47 Å². The maximum Gasteiger partial charge on any atom is 0.408 e. The molecule has 7 heteroatoms. The summed E-state index contributed by atoms with van der Waals surface area (Å²) < 4.78 is 11.7. The fraction of sp³-hybridized carbons (Fsp3) is 0.278. The second-order valence-electron chi connectivity index (χ2n) is 11.3. The third kappa shape index (κ3) is 6.13. The van der Waals surface area contributed by atoms with E-state index in [0.717, 1.165) is 66.6 Å². The molecule has 0 aromatic heterocycles. The average molecular weight is 577 g/mol. The number of ether oxygens (including phenoxy) is 2. The Morgan fingerprint density at radius 2 is 1.70 bits per heavy atom. The summed E-state index contributed by atoms with van der Waals surface area (Å²) >= 11 is 0. The van der Waals surface area contributed by atoms with Gasteiger partial charge in [-0.25, -0.2) is 4.79 Å². The normalized spacial score (nSPS) is 19.8. The van der Waals surface area contributed by atoms with Crippen molar-refractivity contribution in [3.63, 3.8) is 0 Å². The minimum Gasteiger partial charge on any atom is -0.496 e. The Hall–Kier alpha value is -4.62. The Bertz CT molecular complexity index is 1560. The fourth-order valence-electron chi connectivity index (χ4n) is 6.59. The summed E-state index contributed by atoms with van der Waals surface area (Å²) in [6.07, 6.45) is 2.00. The second-order valence-corrected chi connectivity index (χ2v) is 11.3. The van der Waals surface area contributed by atoms with E-state index in [0.29, 0.717) is 29.6 Å². The number of carbonyl (C=O) groups is 2. The molecule has 0 spiro atoms. The van der Waals surface area contributed by atoms with Crippen LogP contribution in [0.2, 0.25) is 0 Å². The van der Waals surface area contributed by atoms with Crippen molar-refractivity contribution < 1.29 is 24.2 Å². The number of methoxy groups -OCH3 is 1. The van der Waals surface area contributed by atoms with Crippen molar-refractivity contribution in [3.05, 3.63) is 119 Å². The van der Waals surface area contributed by atoms with Crippen LogP contribution in [0.25, 0.3) is 11.1 Å². The number of nitrogens with zero attached hydrogens (tertiary/aromatic N) is 2. The molecular weight excluding hydrogens is 540 g/mol. The first-order valence-corrected chi connectivity index (χ1v) is 14.8. The number of aldehydes is 1. The van der Waals surface area contributed by atoms with Crippen LogP contribution in [0.1, 0.15) is 45.9 Å². The summed E-state index contributed by atoms with van der Waals surface area (Å²) in [6, 6.07) is 30.6. The molecule has 1 unspecified atom stereocenters. The minimum absolute atomic E-state index is 0.0563. The molecule has 3 heterocycles. The van der Waals surface area contributed by atoms with Crippen molar-refractivity contribution in [2.24, 2.45) is 5.92 Å². The van der Waals surface area contributed by atoms with Gasteiger partial charge in [-0.15, -0.1) is 0 Å². The van der Waals surface area contributed by atoms with Crippen molar-refractivity contribution in [2.75, 3.05) is 26.7 Å². The first-order chi connectivity index (χ1) is 21.0. The standard InChI is InChI=1S/C36H36N2O5/c1-42-34-15-12-26(23-39)20-32(34)27-13-10-25(11-14-27)24-43-31-9-5-8-30(21-31)35(29-6-3-2-4-7-29)38(36(40)41)33-22-37-18-16-28(33)17-19-37/h2-15,20-21,23,28,33,35H,16-19,22,24H2,1H3,(H,40,41)/t33?,35-/m0/s1. The molecule has 4 aromatic rings. The molecule has 0 radical (unpaired) electrons. The maximum atomic E-state index is 12.9. The van der Waals surface area contributed by atoms with Crippen LogP contribution in [-0.2, 0) is 6.61 Å². The topological polar surface area (TPSA) is 79.3 Å². The molecule has 220 valence electrons. The first kappa shape index (κ1) is 28.5. The monoisotopic (exact) mass is 576 g/mol. The van der Waals surface area contributed by atoms with Crippen molar-refractivity contribution in [2.45, 2.75) is 31.5 Å². The molecule has 4 aromatic carbocycles. The zero-order chi connectivity index (χ0) is 29.8. The highest BCUT2D eigenvalue weighted by Gasteiger charge is 2.43. The SMILES string of the molecule is COc1ccc(C=O)cc1-c1ccc(COc2cccc([C@H](c3ccccc3)N(C(=O)O)C3CN4CCC3CC4)c2)cc1. The number of benzene rings is 4. The number of hydrogen-bond acceptors (Lipinski definition) is 5. The van der Waals surface area contributed by atoms with Gasteiger partial charge in [0.1, 0.15) is 24.4 Å². The maximum absolute atomic E-state index is 12.9. The van der Waals surface area contributed by atoms with Gasteiger partial charge in [-0.3, -0.25) is 9.69 Å².